The van der Waals surface area contributed by atoms with Gasteiger partial charge in [-0.2, -0.15) is 0 Å². The minimum atomic E-state index is -1.70. The first-order valence-electron chi connectivity index (χ1n) is 25.5. The van der Waals surface area contributed by atoms with Crippen LogP contribution >= 0.6 is 0 Å². The Hall–Kier alpha value is -0.440. The van der Waals surface area contributed by atoms with Crippen molar-refractivity contribution < 1.29 is 54.7 Å². The second kappa shape index (κ2) is 36.9. The number of rotatable bonds is 40. The largest absolute Gasteiger partial charge is 0.394 e. The molecule has 0 amide bonds. The summed E-state index contributed by atoms with van der Waals surface area (Å²) in [5.41, 5.74) is 0. The Balaban J connectivity index is 1.76. The van der Waals surface area contributed by atoms with Crippen LogP contribution in [0.15, 0.2) is 0 Å². The monoisotopic (exact) mass is 861 g/mol. The standard InChI is InChI=1S/C49H96O11/c1-3-5-7-9-11-13-15-17-19-21-23-25-27-29-31-33-35-39(36-34-32-30-28-26-24-22-20-18-16-14-12-10-8-6-4-2)57-48-46(56)44(54)47(41(38-51)59-48)60-49-45(55)43(53)42(52)40(37-50)58-49/h39-56H,3-38H2,1-2H3/t40-,41-,42+,43-,44+,45-,46-,47-,48+,49+/m0/s1. The first-order chi connectivity index (χ1) is 29.3. The molecule has 11 heteroatoms. The highest BCUT2D eigenvalue weighted by Gasteiger charge is 2.51. The predicted molar refractivity (Wildman–Crippen MR) is 240 cm³/mol. The van der Waals surface area contributed by atoms with Gasteiger partial charge in [0.05, 0.1) is 19.3 Å². The Labute approximate surface area is 366 Å². The van der Waals surface area contributed by atoms with Crippen molar-refractivity contribution in [1.82, 2.24) is 0 Å². The van der Waals surface area contributed by atoms with E-state index < -0.39 is 74.6 Å². The van der Waals surface area contributed by atoms with Gasteiger partial charge in [0.1, 0.15) is 48.8 Å². The Morgan fingerprint density at radius 3 is 1.03 bits per heavy atom. The first kappa shape index (κ1) is 55.7. The van der Waals surface area contributed by atoms with Crippen molar-refractivity contribution >= 4 is 0 Å². The van der Waals surface area contributed by atoms with Gasteiger partial charge >= 0.3 is 0 Å². The van der Waals surface area contributed by atoms with E-state index in [9.17, 15) is 35.7 Å². The molecule has 2 aliphatic heterocycles. The molecule has 2 aliphatic rings. The third kappa shape index (κ3) is 24.0. The molecule has 10 atom stereocenters. The lowest BCUT2D eigenvalue weighted by Crippen LogP contribution is -2.64. The molecule has 358 valence electrons. The highest BCUT2D eigenvalue weighted by atomic mass is 16.7. The zero-order chi connectivity index (χ0) is 43.6. The summed E-state index contributed by atoms with van der Waals surface area (Å²) < 4.78 is 23.6. The van der Waals surface area contributed by atoms with E-state index in [1.54, 1.807) is 0 Å². The van der Waals surface area contributed by atoms with Gasteiger partial charge in [-0.25, -0.2) is 0 Å². The summed E-state index contributed by atoms with van der Waals surface area (Å²) in [6, 6.07) is 0. The molecule has 0 unspecified atom stereocenters. The van der Waals surface area contributed by atoms with Crippen LogP contribution in [0.2, 0.25) is 0 Å². The van der Waals surface area contributed by atoms with Gasteiger partial charge in [-0.3, -0.25) is 0 Å². The Bertz CT molecular complexity index is 905. The van der Waals surface area contributed by atoms with Gasteiger partial charge in [0, 0.05) is 0 Å². The maximum atomic E-state index is 11.2. The second-order valence-corrected chi connectivity index (χ2v) is 18.4. The summed E-state index contributed by atoms with van der Waals surface area (Å²) in [6.45, 7) is 3.32. The van der Waals surface area contributed by atoms with E-state index in [0.29, 0.717) is 0 Å². The van der Waals surface area contributed by atoms with Crippen molar-refractivity contribution in [3.05, 3.63) is 0 Å². The molecule has 2 heterocycles. The quantitative estimate of drug-likeness (QED) is 0.0292. The first-order valence-corrected chi connectivity index (χ1v) is 25.5. The molecule has 2 saturated heterocycles. The SMILES string of the molecule is CCCCCCCCCCCCCCCCCCC(CCCCCCCCCCCCCCCCCC)O[C@@H]1O[C@@H](CO)[C@H](O[C@H]2O[C@@H](CO)[C@@H](O)[C@H](O)[C@@H]2O)[C@H](O)[C@@H]1O. The van der Waals surface area contributed by atoms with E-state index in [-0.39, 0.29) is 6.10 Å². The Kier molecular flexibility index (Phi) is 34.2. The van der Waals surface area contributed by atoms with E-state index in [0.717, 1.165) is 38.5 Å². The van der Waals surface area contributed by atoms with Crippen LogP contribution in [0.5, 0.6) is 0 Å². The number of hydrogen-bond acceptors (Lipinski definition) is 11. The number of ether oxygens (including phenoxy) is 4. The number of aliphatic hydroxyl groups excluding tert-OH is 7. The average molecular weight is 861 g/mol. The molecule has 60 heavy (non-hydrogen) atoms. The highest BCUT2D eigenvalue weighted by Crippen LogP contribution is 2.31. The lowest BCUT2D eigenvalue weighted by atomic mass is 9.96. The molecule has 7 N–H and O–H groups in total. The molecule has 0 bridgehead atoms. The lowest BCUT2D eigenvalue weighted by molar-refractivity contribution is -0.363. The summed E-state index contributed by atoms with van der Waals surface area (Å²) in [4.78, 5) is 0. The van der Waals surface area contributed by atoms with Gasteiger partial charge in [0.2, 0.25) is 0 Å². The molecular formula is C49H96O11. The van der Waals surface area contributed by atoms with Crippen LogP contribution in [0.1, 0.15) is 232 Å². The third-order valence-corrected chi connectivity index (χ3v) is 13.0. The molecule has 2 rings (SSSR count). The smallest absolute Gasteiger partial charge is 0.187 e. The van der Waals surface area contributed by atoms with Crippen LogP contribution in [-0.2, 0) is 18.9 Å². The maximum absolute atomic E-state index is 11.2. The average Bonchev–Trinajstić information content (AvgIpc) is 3.25. The van der Waals surface area contributed by atoms with Crippen molar-refractivity contribution in [2.45, 2.75) is 300 Å². The van der Waals surface area contributed by atoms with Crippen LogP contribution in [0, 0.1) is 0 Å². The fourth-order valence-corrected chi connectivity index (χ4v) is 8.98. The number of aliphatic hydroxyl groups is 7. The number of unbranched alkanes of at least 4 members (excludes halogenated alkanes) is 30. The van der Waals surface area contributed by atoms with Crippen LogP contribution < -0.4 is 0 Å². The molecular weight excluding hydrogens is 765 g/mol. The fraction of sp³-hybridized carbons (Fsp3) is 1.00. The van der Waals surface area contributed by atoms with Crippen molar-refractivity contribution in [2.75, 3.05) is 13.2 Å². The molecule has 11 nitrogen and oxygen atoms in total. The van der Waals surface area contributed by atoms with Crippen molar-refractivity contribution in [2.24, 2.45) is 0 Å². The van der Waals surface area contributed by atoms with E-state index >= 15 is 0 Å². The molecule has 0 aromatic rings. The minimum absolute atomic E-state index is 0.183. The molecule has 0 aromatic carbocycles. The van der Waals surface area contributed by atoms with Crippen molar-refractivity contribution in [3.63, 3.8) is 0 Å². The maximum Gasteiger partial charge on any atom is 0.187 e. The summed E-state index contributed by atoms with van der Waals surface area (Å²) >= 11 is 0. The van der Waals surface area contributed by atoms with E-state index in [1.807, 2.05) is 0 Å². The molecule has 0 aromatic heterocycles. The van der Waals surface area contributed by atoms with Crippen LogP contribution in [-0.4, -0.2) is 116 Å². The summed E-state index contributed by atoms with van der Waals surface area (Å²) in [6.07, 6.45) is 28.7. The minimum Gasteiger partial charge on any atom is -0.394 e. The fourth-order valence-electron chi connectivity index (χ4n) is 8.98. The molecule has 2 fully saturated rings. The zero-order valence-corrected chi connectivity index (χ0v) is 38.6. The van der Waals surface area contributed by atoms with Crippen molar-refractivity contribution in [1.29, 1.82) is 0 Å². The van der Waals surface area contributed by atoms with Gasteiger partial charge in [0.25, 0.3) is 0 Å². The molecule has 0 spiro atoms. The molecule has 0 radical (unpaired) electrons. The van der Waals surface area contributed by atoms with Gasteiger partial charge < -0.3 is 54.7 Å². The van der Waals surface area contributed by atoms with Crippen LogP contribution in [0.3, 0.4) is 0 Å². The van der Waals surface area contributed by atoms with Gasteiger partial charge in [0.15, 0.2) is 12.6 Å². The van der Waals surface area contributed by atoms with E-state index in [4.69, 9.17) is 18.9 Å². The van der Waals surface area contributed by atoms with E-state index in [1.165, 1.54) is 180 Å². The second-order valence-electron chi connectivity index (χ2n) is 18.4. The third-order valence-electron chi connectivity index (χ3n) is 13.0. The summed E-state index contributed by atoms with van der Waals surface area (Å²) in [5, 5.41) is 73.0. The van der Waals surface area contributed by atoms with Crippen molar-refractivity contribution in [3.8, 4) is 0 Å². The van der Waals surface area contributed by atoms with Gasteiger partial charge in [-0.05, 0) is 12.8 Å². The normalized spacial score (nSPS) is 27.3. The highest BCUT2D eigenvalue weighted by molar-refractivity contribution is 4.94. The zero-order valence-electron chi connectivity index (χ0n) is 38.6. The summed E-state index contributed by atoms with van der Waals surface area (Å²) in [7, 11) is 0. The predicted octanol–water partition coefficient (Wildman–Crippen LogP) is 9.30. The Morgan fingerprint density at radius 1 is 0.367 bits per heavy atom. The lowest BCUT2D eigenvalue weighted by Gasteiger charge is -2.46. The topological polar surface area (TPSA) is 179 Å². The van der Waals surface area contributed by atoms with Crippen LogP contribution in [0.25, 0.3) is 0 Å². The molecule has 0 saturated carbocycles. The van der Waals surface area contributed by atoms with Crippen LogP contribution in [0.4, 0.5) is 0 Å². The number of hydrogen-bond donors (Lipinski definition) is 7. The summed E-state index contributed by atoms with van der Waals surface area (Å²) in [5.74, 6) is 0. The van der Waals surface area contributed by atoms with Gasteiger partial charge in [-0.15, -0.1) is 0 Å². The molecule has 0 aliphatic carbocycles. The van der Waals surface area contributed by atoms with E-state index in [2.05, 4.69) is 13.8 Å². The van der Waals surface area contributed by atoms with Gasteiger partial charge in [-0.1, -0.05) is 219 Å². The Morgan fingerprint density at radius 2 is 0.683 bits per heavy atom.